The van der Waals surface area contributed by atoms with Crippen molar-refractivity contribution in [1.29, 1.82) is 0 Å². The number of aromatic nitrogens is 1. The Morgan fingerprint density at radius 2 is 2.29 bits per heavy atom. The van der Waals surface area contributed by atoms with Crippen LogP contribution < -0.4 is 4.74 Å². The zero-order valence-electron chi connectivity index (χ0n) is 9.31. The van der Waals surface area contributed by atoms with Gasteiger partial charge >= 0.3 is 0 Å². The van der Waals surface area contributed by atoms with E-state index in [2.05, 4.69) is 20.9 Å². The number of rotatable bonds is 3. The Labute approximate surface area is 112 Å². The van der Waals surface area contributed by atoms with E-state index in [1.165, 1.54) is 0 Å². The molecule has 1 aromatic heterocycles. The van der Waals surface area contributed by atoms with Crippen LogP contribution in [0, 0.1) is 5.92 Å². The molecule has 0 bridgehead atoms. The lowest BCUT2D eigenvalue weighted by Crippen LogP contribution is -2.01. The fourth-order valence-electron chi connectivity index (χ4n) is 2.01. The van der Waals surface area contributed by atoms with Gasteiger partial charge in [0.15, 0.2) is 3.92 Å². The van der Waals surface area contributed by atoms with E-state index in [1.54, 1.807) is 18.4 Å². The van der Waals surface area contributed by atoms with Crippen molar-refractivity contribution in [3.63, 3.8) is 0 Å². The van der Waals surface area contributed by atoms with E-state index in [4.69, 9.17) is 4.74 Å². The van der Waals surface area contributed by atoms with Crippen LogP contribution in [0.15, 0.2) is 16.0 Å². The molecule has 1 aromatic carbocycles. The van der Waals surface area contributed by atoms with Crippen LogP contribution in [0.25, 0.3) is 10.2 Å². The van der Waals surface area contributed by atoms with Crippen molar-refractivity contribution in [3.05, 3.63) is 21.6 Å². The minimum absolute atomic E-state index is 0.394. The van der Waals surface area contributed by atoms with E-state index < -0.39 is 6.10 Å². The topological polar surface area (TPSA) is 42.4 Å². The molecule has 1 fully saturated rings. The molecule has 0 aliphatic heterocycles. The van der Waals surface area contributed by atoms with Crippen LogP contribution in [-0.4, -0.2) is 17.2 Å². The van der Waals surface area contributed by atoms with Gasteiger partial charge in [0, 0.05) is 5.56 Å². The summed E-state index contributed by atoms with van der Waals surface area (Å²) in [4.78, 5) is 4.44. The lowest BCUT2D eigenvalue weighted by atomic mass is 10.0. The van der Waals surface area contributed by atoms with Crippen molar-refractivity contribution in [2.75, 3.05) is 7.11 Å². The van der Waals surface area contributed by atoms with Gasteiger partial charge in [-0.05, 0) is 46.8 Å². The van der Waals surface area contributed by atoms with Crippen LogP contribution in [0.5, 0.6) is 5.75 Å². The number of hydrogen-bond acceptors (Lipinski definition) is 4. The van der Waals surface area contributed by atoms with Gasteiger partial charge in [-0.25, -0.2) is 4.98 Å². The van der Waals surface area contributed by atoms with Gasteiger partial charge in [0.1, 0.15) is 5.75 Å². The van der Waals surface area contributed by atoms with E-state index in [-0.39, 0.29) is 0 Å². The maximum atomic E-state index is 10.3. The van der Waals surface area contributed by atoms with Crippen LogP contribution in [0.1, 0.15) is 24.5 Å². The van der Waals surface area contributed by atoms with E-state index in [0.29, 0.717) is 5.92 Å². The first-order valence-corrected chi connectivity index (χ1v) is 7.12. The monoisotopic (exact) mass is 313 g/mol. The number of ether oxygens (including phenoxy) is 1. The minimum atomic E-state index is -0.415. The second kappa shape index (κ2) is 4.23. The zero-order valence-corrected chi connectivity index (χ0v) is 11.7. The molecule has 1 aliphatic carbocycles. The number of fused-ring (bicyclic) bond motifs is 1. The maximum absolute atomic E-state index is 10.3. The molecule has 1 unspecified atom stereocenters. The summed E-state index contributed by atoms with van der Waals surface area (Å²) in [6.07, 6.45) is 1.79. The molecule has 0 amide bonds. The summed E-state index contributed by atoms with van der Waals surface area (Å²) in [5, 5.41) is 10.3. The van der Waals surface area contributed by atoms with Gasteiger partial charge in [-0.2, -0.15) is 0 Å². The second-order valence-corrected chi connectivity index (χ2v) is 6.62. The standard InChI is InChI=1S/C12H12BrNO2S/c1-16-7-4-8(11(15)6-2-3-6)10-9(5-7)17-12(13)14-10/h4-6,11,15H,2-3H2,1H3. The van der Waals surface area contributed by atoms with E-state index >= 15 is 0 Å². The predicted octanol–water partition coefficient (Wildman–Crippen LogP) is 3.51. The Bertz CT molecular complexity index is 565. The third kappa shape index (κ3) is 2.07. The molecule has 2 aromatic rings. The van der Waals surface area contributed by atoms with E-state index in [9.17, 15) is 5.11 Å². The van der Waals surface area contributed by atoms with Crippen molar-refractivity contribution >= 4 is 37.5 Å². The van der Waals surface area contributed by atoms with Crippen molar-refractivity contribution in [1.82, 2.24) is 4.98 Å². The highest BCUT2D eigenvalue weighted by Gasteiger charge is 2.32. The zero-order chi connectivity index (χ0) is 12.0. The largest absolute Gasteiger partial charge is 0.497 e. The Hall–Kier alpha value is -0.650. The Kier molecular flexibility index (Phi) is 2.84. The molecule has 0 radical (unpaired) electrons. The smallest absolute Gasteiger partial charge is 0.160 e. The summed E-state index contributed by atoms with van der Waals surface area (Å²) < 4.78 is 7.16. The number of nitrogens with zero attached hydrogens (tertiary/aromatic N) is 1. The maximum Gasteiger partial charge on any atom is 0.160 e. The highest BCUT2D eigenvalue weighted by Crippen LogP contribution is 2.44. The molecule has 1 aliphatic rings. The summed E-state index contributed by atoms with van der Waals surface area (Å²) in [6.45, 7) is 0. The summed E-state index contributed by atoms with van der Waals surface area (Å²) in [6, 6.07) is 3.86. The first-order chi connectivity index (χ1) is 8.19. The third-order valence-electron chi connectivity index (χ3n) is 3.09. The Balaban J connectivity index is 2.18. The fourth-order valence-corrected chi connectivity index (χ4v) is 3.47. The first kappa shape index (κ1) is 11.4. The number of aliphatic hydroxyl groups excluding tert-OH is 1. The van der Waals surface area contributed by atoms with Crippen molar-refractivity contribution in [3.8, 4) is 5.75 Å². The quantitative estimate of drug-likeness (QED) is 0.943. The molecular formula is C12H12BrNO2S. The van der Waals surface area contributed by atoms with Gasteiger partial charge in [-0.15, -0.1) is 11.3 Å². The Morgan fingerprint density at radius 3 is 2.94 bits per heavy atom. The van der Waals surface area contributed by atoms with Gasteiger partial charge < -0.3 is 9.84 Å². The van der Waals surface area contributed by atoms with Crippen LogP contribution in [0.4, 0.5) is 0 Å². The summed E-state index contributed by atoms with van der Waals surface area (Å²) >= 11 is 4.95. The summed E-state index contributed by atoms with van der Waals surface area (Å²) in [5.41, 5.74) is 1.78. The molecular weight excluding hydrogens is 302 g/mol. The van der Waals surface area contributed by atoms with Crippen LogP contribution >= 0.6 is 27.3 Å². The number of methoxy groups -OCH3 is 1. The highest BCUT2D eigenvalue weighted by molar-refractivity contribution is 9.11. The number of halogens is 1. The lowest BCUT2D eigenvalue weighted by Gasteiger charge is -2.11. The molecule has 90 valence electrons. The summed E-state index contributed by atoms with van der Waals surface area (Å²) in [5.74, 6) is 1.18. The average Bonchev–Trinajstić information content (AvgIpc) is 3.09. The number of hydrogen-bond donors (Lipinski definition) is 1. The van der Waals surface area contributed by atoms with Crippen LogP contribution in [0.2, 0.25) is 0 Å². The Morgan fingerprint density at radius 1 is 1.53 bits per heavy atom. The molecule has 1 atom stereocenters. The van der Waals surface area contributed by atoms with Crippen molar-refractivity contribution in [2.24, 2.45) is 5.92 Å². The van der Waals surface area contributed by atoms with Gasteiger partial charge in [-0.1, -0.05) is 0 Å². The first-order valence-electron chi connectivity index (χ1n) is 5.51. The minimum Gasteiger partial charge on any atom is -0.497 e. The summed E-state index contributed by atoms with van der Waals surface area (Å²) in [7, 11) is 1.64. The van der Waals surface area contributed by atoms with Crippen molar-refractivity contribution < 1.29 is 9.84 Å². The molecule has 5 heteroatoms. The number of aliphatic hydroxyl groups is 1. The van der Waals surface area contributed by atoms with Crippen LogP contribution in [0.3, 0.4) is 0 Å². The second-order valence-electron chi connectivity index (χ2n) is 4.31. The number of benzene rings is 1. The lowest BCUT2D eigenvalue weighted by molar-refractivity contribution is 0.155. The third-order valence-corrected chi connectivity index (χ3v) is 4.55. The molecule has 17 heavy (non-hydrogen) atoms. The molecule has 1 N–H and O–H groups in total. The molecule has 0 saturated heterocycles. The highest BCUT2D eigenvalue weighted by atomic mass is 79.9. The SMILES string of the molecule is COc1cc(C(O)C2CC2)c2nc(Br)sc2c1. The fraction of sp³-hybridized carbons (Fsp3) is 0.417. The molecule has 1 heterocycles. The molecule has 3 rings (SSSR count). The average molecular weight is 314 g/mol. The molecule has 0 spiro atoms. The van der Waals surface area contributed by atoms with E-state index in [0.717, 1.165) is 38.3 Å². The van der Waals surface area contributed by atoms with Crippen LogP contribution in [-0.2, 0) is 0 Å². The molecule has 3 nitrogen and oxygen atoms in total. The predicted molar refractivity (Wildman–Crippen MR) is 71.6 cm³/mol. The normalized spacial score (nSPS) is 17.4. The van der Waals surface area contributed by atoms with Gasteiger partial charge in [0.2, 0.25) is 0 Å². The van der Waals surface area contributed by atoms with Crippen molar-refractivity contribution in [2.45, 2.75) is 18.9 Å². The van der Waals surface area contributed by atoms with E-state index in [1.807, 2.05) is 12.1 Å². The van der Waals surface area contributed by atoms with Gasteiger partial charge in [-0.3, -0.25) is 0 Å². The molecule has 1 saturated carbocycles. The van der Waals surface area contributed by atoms with Gasteiger partial charge in [0.25, 0.3) is 0 Å². The van der Waals surface area contributed by atoms with Gasteiger partial charge in [0.05, 0.1) is 23.4 Å². The number of thiazole rings is 1.